The number of piperidine rings is 1. The fourth-order valence-electron chi connectivity index (χ4n) is 2.73. The lowest BCUT2D eigenvalue weighted by Gasteiger charge is -2.23. The van der Waals surface area contributed by atoms with Gasteiger partial charge in [-0.1, -0.05) is 18.2 Å². The van der Waals surface area contributed by atoms with Crippen molar-refractivity contribution in [3.8, 4) is 0 Å². The molecule has 94 valence electrons. The largest absolute Gasteiger partial charge is 0.312 e. The summed E-state index contributed by atoms with van der Waals surface area (Å²) in [7, 11) is 0. The van der Waals surface area contributed by atoms with Gasteiger partial charge in [-0.15, -0.1) is 0 Å². The molecule has 2 aliphatic rings. The summed E-state index contributed by atoms with van der Waals surface area (Å²) in [6, 6.07) is 6.25. The van der Waals surface area contributed by atoms with E-state index in [-0.39, 0.29) is 17.7 Å². The van der Waals surface area contributed by atoms with Crippen molar-refractivity contribution >= 4 is 11.8 Å². The van der Waals surface area contributed by atoms with E-state index in [9.17, 15) is 9.59 Å². The zero-order valence-electron chi connectivity index (χ0n) is 10.2. The Morgan fingerprint density at radius 2 is 2.00 bits per heavy atom. The Labute approximate surface area is 106 Å². The van der Waals surface area contributed by atoms with E-state index in [1.54, 1.807) is 0 Å². The molecule has 1 saturated heterocycles. The van der Waals surface area contributed by atoms with Gasteiger partial charge in [-0.05, 0) is 36.1 Å². The topological polar surface area (TPSA) is 58.2 Å². The van der Waals surface area contributed by atoms with Crippen molar-refractivity contribution < 1.29 is 9.59 Å². The van der Waals surface area contributed by atoms with Gasteiger partial charge in [-0.25, -0.2) is 0 Å². The second kappa shape index (κ2) is 4.53. The molecule has 1 fully saturated rings. The highest BCUT2D eigenvalue weighted by molar-refractivity contribution is 6.00. The van der Waals surface area contributed by atoms with Crippen LogP contribution in [0.15, 0.2) is 18.2 Å². The van der Waals surface area contributed by atoms with Crippen LogP contribution < -0.4 is 10.6 Å². The molecule has 18 heavy (non-hydrogen) atoms. The number of rotatable bonds is 1. The molecule has 0 aliphatic carbocycles. The standard InChI is InChI=1S/C14H16N2O2/c17-13-4-3-12(14(18)16-13)10-1-2-11-8-15-6-5-9(11)7-10/h1-2,7,12,15H,3-6,8H2,(H,16,17,18). The molecule has 2 N–H and O–H groups in total. The van der Waals surface area contributed by atoms with Gasteiger partial charge in [-0.2, -0.15) is 0 Å². The van der Waals surface area contributed by atoms with Crippen LogP contribution in [0.5, 0.6) is 0 Å². The van der Waals surface area contributed by atoms with Crippen LogP contribution in [0.25, 0.3) is 0 Å². The molecule has 2 aliphatic heterocycles. The highest BCUT2D eigenvalue weighted by atomic mass is 16.2. The number of fused-ring (bicyclic) bond motifs is 1. The van der Waals surface area contributed by atoms with Crippen molar-refractivity contribution in [1.29, 1.82) is 0 Å². The Balaban J connectivity index is 1.88. The zero-order valence-corrected chi connectivity index (χ0v) is 10.2. The van der Waals surface area contributed by atoms with Crippen LogP contribution in [0.1, 0.15) is 35.4 Å². The average molecular weight is 244 g/mol. The summed E-state index contributed by atoms with van der Waals surface area (Å²) in [5, 5.41) is 5.75. The van der Waals surface area contributed by atoms with Gasteiger partial charge in [0.05, 0.1) is 5.92 Å². The first-order valence-electron chi connectivity index (χ1n) is 6.40. The van der Waals surface area contributed by atoms with Gasteiger partial charge in [0.1, 0.15) is 0 Å². The molecule has 0 bridgehead atoms. The van der Waals surface area contributed by atoms with Crippen LogP contribution in [-0.4, -0.2) is 18.4 Å². The number of carbonyl (C=O) groups excluding carboxylic acids is 2. The molecule has 0 spiro atoms. The molecule has 2 heterocycles. The fraction of sp³-hybridized carbons (Fsp3) is 0.429. The van der Waals surface area contributed by atoms with Crippen LogP contribution in [0.3, 0.4) is 0 Å². The summed E-state index contributed by atoms with van der Waals surface area (Å²) in [6.45, 7) is 1.90. The van der Waals surface area contributed by atoms with Gasteiger partial charge >= 0.3 is 0 Å². The lowest BCUT2D eigenvalue weighted by atomic mass is 9.87. The molecule has 0 aromatic heterocycles. The van der Waals surface area contributed by atoms with Gasteiger partial charge < -0.3 is 5.32 Å². The Bertz CT molecular complexity index is 511. The van der Waals surface area contributed by atoms with E-state index >= 15 is 0 Å². The molecular formula is C14H16N2O2. The Morgan fingerprint density at radius 3 is 2.83 bits per heavy atom. The maximum absolute atomic E-state index is 11.8. The van der Waals surface area contributed by atoms with Crippen LogP contribution >= 0.6 is 0 Å². The van der Waals surface area contributed by atoms with E-state index in [1.165, 1.54) is 11.1 Å². The molecule has 0 radical (unpaired) electrons. The van der Waals surface area contributed by atoms with E-state index in [4.69, 9.17) is 0 Å². The fourth-order valence-corrected chi connectivity index (χ4v) is 2.73. The summed E-state index contributed by atoms with van der Waals surface area (Å²) in [6.07, 6.45) is 2.08. The summed E-state index contributed by atoms with van der Waals surface area (Å²) in [5.74, 6) is -0.471. The van der Waals surface area contributed by atoms with E-state index in [2.05, 4.69) is 22.8 Å². The van der Waals surface area contributed by atoms with Gasteiger partial charge in [0, 0.05) is 13.0 Å². The minimum absolute atomic E-state index is 0.153. The maximum atomic E-state index is 11.8. The molecule has 2 amide bonds. The molecule has 4 nitrogen and oxygen atoms in total. The maximum Gasteiger partial charge on any atom is 0.234 e. The van der Waals surface area contributed by atoms with Gasteiger partial charge in [-0.3, -0.25) is 14.9 Å². The Hall–Kier alpha value is -1.68. The first-order valence-corrected chi connectivity index (χ1v) is 6.40. The monoisotopic (exact) mass is 244 g/mol. The average Bonchev–Trinajstić information content (AvgIpc) is 2.38. The molecule has 1 atom stereocenters. The van der Waals surface area contributed by atoms with Crippen LogP contribution in [0, 0.1) is 0 Å². The predicted octanol–water partition coefficient (Wildman–Crippen LogP) is 0.852. The van der Waals surface area contributed by atoms with E-state index in [0.29, 0.717) is 12.8 Å². The highest BCUT2D eigenvalue weighted by Gasteiger charge is 2.28. The highest BCUT2D eigenvalue weighted by Crippen LogP contribution is 2.27. The van der Waals surface area contributed by atoms with Crippen molar-refractivity contribution in [3.63, 3.8) is 0 Å². The summed E-state index contributed by atoms with van der Waals surface area (Å²) in [4.78, 5) is 23.0. The Kier molecular flexibility index (Phi) is 2.88. The number of imide groups is 1. The van der Waals surface area contributed by atoms with Crippen LogP contribution in [0.4, 0.5) is 0 Å². The van der Waals surface area contributed by atoms with Gasteiger partial charge in [0.15, 0.2) is 0 Å². The first-order chi connectivity index (χ1) is 8.74. The summed E-state index contributed by atoms with van der Waals surface area (Å²) < 4.78 is 0. The quantitative estimate of drug-likeness (QED) is 0.720. The number of carbonyl (C=O) groups is 2. The third-order valence-electron chi connectivity index (χ3n) is 3.76. The van der Waals surface area contributed by atoms with E-state index < -0.39 is 0 Å². The molecule has 1 unspecified atom stereocenters. The summed E-state index contributed by atoms with van der Waals surface area (Å²) in [5.41, 5.74) is 3.69. The summed E-state index contributed by atoms with van der Waals surface area (Å²) >= 11 is 0. The van der Waals surface area contributed by atoms with Crippen molar-refractivity contribution in [2.75, 3.05) is 6.54 Å². The predicted molar refractivity (Wildman–Crippen MR) is 67.0 cm³/mol. The second-order valence-corrected chi connectivity index (χ2v) is 4.96. The number of benzene rings is 1. The number of hydrogen-bond donors (Lipinski definition) is 2. The Morgan fingerprint density at radius 1 is 1.11 bits per heavy atom. The lowest BCUT2D eigenvalue weighted by molar-refractivity contribution is -0.134. The second-order valence-electron chi connectivity index (χ2n) is 4.96. The third kappa shape index (κ3) is 2.04. The molecule has 1 aromatic carbocycles. The van der Waals surface area contributed by atoms with E-state index in [0.717, 1.165) is 25.1 Å². The molecule has 0 saturated carbocycles. The minimum Gasteiger partial charge on any atom is -0.312 e. The number of hydrogen-bond acceptors (Lipinski definition) is 3. The molecular weight excluding hydrogens is 228 g/mol. The van der Waals surface area contributed by atoms with Crippen LogP contribution in [-0.2, 0) is 22.6 Å². The first kappa shape index (κ1) is 11.4. The van der Waals surface area contributed by atoms with E-state index in [1.807, 2.05) is 6.07 Å². The van der Waals surface area contributed by atoms with Gasteiger partial charge in [0.2, 0.25) is 11.8 Å². The normalized spacial score (nSPS) is 23.4. The number of amides is 2. The molecule has 3 rings (SSSR count). The lowest BCUT2D eigenvalue weighted by Crippen LogP contribution is -2.39. The minimum atomic E-state index is -0.164. The molecule has 1 aromatic rings. The third-order valence-corrected chi connectivity index (χ3v) is 3.76. The zero-order chi connectivity index (χ0) is 12.5. The van der Waals surface area contributed by atoms with Crippen molar-refractivity contribution in [3.05, 3.63) is 34.9 Å². The molecule has 4 heteroatoms. The number of nitrogens with one attached hydrogen (secondary N) is 2. The van der Waals surface area contributed by atoms with Crippen molar-refractivity contribution in [2.45, 2.75) is 31.7 Å². The van der Waals surface area contributed by atoms with Gasteiger partial charge in [0.25, 0.3) is 0 Å². The SMILES string of the molecule is O=C1CCC(c2ccc3c(c2)CCNC3)C(=O)N1. The van der Waals surface area contributed by atoms with Crippen molar-refractivity contribution in [2.24, 2.45) is 0 Å². The van der Waals surface area contributed by atoms with Crippen molar-refractivity contribution in [1.82, 2.24) is 10.6 Å². The van der Waals surface area contributed by atoms with Crippen LogP contribution in [0.2, 0.25) is 0 Å². The smallest absolute Gasteiger partial charge is 0.234 e.